The number of hydrogen-bond acceptors (Lipinski definition) is 5. The van der Waals surface area contributed by atoms with Gasteiger partial charge in [0, 0.05) is 42.5 Å². The number of nitrogens with one attached hydrogen (secondary N) is 1. The van der Waals surface area contributed by atoms with Crippen molar-refractivity contribution in [2.24, 2.45) is 5.92 Å². The Hall–Kier alpha value is -3.41. The van der Waals surface area contributed by atoms with E-state index in [4.69, 9.17) is 9.40 Å². The summed E-state index contributed by atoms with van der Waals surface area (Å²) in [6, 6.07) is 13.0. The van der Waals surface area contributed by atoms with Crippen LogP contribution in [0.1, 0.15) is 20.3 Å². The van der Waals surface area contributed by atoms with Gasteiger partial charge in [0.2, 0.25) is 11.3 Å². The van der Waals surface area contributed by atoms with Gasteiger partial charge in [0.25, 0.3) is 0 Å². The van der Waals surface area contributed by atoms with Crippen LogP contribution in [0, 0.1) is 5.92 Å². The van der Waals surface area contributed by atoms with Gasteiger partial charge in [-0.3, -0.25) is 9.59 Å². The fourth-order valence-electron chi connectivity index (χ4n) is 3.31. The van der Waals surface area contributed by atoms with E-state index in [9.17, 15) is 9.59 Å². The zero-order valence-corrected chi connectivity index (χ0v) is 16.9. The van der Waals surface area contributed by atoms with Crippen molar-refractivity contribution in [1.29, 1.82) is 0 Å². The maximum absolute atomic E-state index is 13.2. The van der Waals surface area contributed by atoms with Crippen LogP contribution >= 0.6 is 0 Å². The van der Waals surface area contributed by atoms with Gasteiger partial charge >= 0.3 is 0 Å². The Morgan fingerprint density at radius 3 is 2.59 bits per heavy atom. The summed E-state index contributed by atoms with van der Waals surface area (Å²) in [5.74, 6) is -0.128. The highest BCUT2D eigenvalue weighted by Crippen LogP contribution is 2.36. The van der Waals surface area contributed by atoms with Crippen molar-refractivity contribution in [1.82, 2.24) is 4.98 Å². The number of nitrogens with zero attached hydrogens (tertiary/aromatic N) is 2. The highest BCUT2D eigenvalue weighted by Gasteiger charge is 2.24. The Labute approximate surface area is 168 Å². The van der Waals surface area contributed by atoms with Gasteiger partial charge in [0.15, 0.2) is 11.3 Å². The fourth-order valence-corrected chi connectivity index (χ4v) is 3.31. The molecule has 0 saturated heterocycles. The summed E-state index contributed by atoms with van der Waals surface area (Å²) in [5, 5.41) is 4.01. The first kappa shape index (κ1) is 18.9. The van der Waals surface area contributed by atoms with Crippen LogP contribution in [0.2, 0.25) is 0 Å². The summed E-state index contributed by atoms with van der Waals surface area (Å²) in [4.78, 5) is 32.5. The summed E-state index contributed by atoms with van der Waals surface area (Å²) in [6.07, 6.45) is 0.677. The molecule has 0 saturated carbocycles. The SMILES string of the molecule is CCC(C)C(=O)Nc1c2oc3cc(N(C)C)ccc3nc-2c2ccccc2c1=O. The number of amides is 1. The van der Waals surface area contributed by atoms with Crippen LogP contribution < -0.4 is 15.6 Å². The van der Waals surface area contributed by atoms with Crippen molar-refractivity contribution < 1.29 is 9.21 Å². The summed E-state index contributed by atoms with van der Waals surface area (Å²) in [6.45, 7) is 3.76. The van der Waals surface area contributed by atoms with Crippen molar-refractivity contribution in [3.63, 3.8) is 0 Å². The van der Waals surface area contributed by atoms with Crippen molar-refractivity contribution in [3.05, 3.63) is 52.7 Å². The maximum Gasteiger partial charge on any atom is 0.227 e. The zero-order chi connectivity index (χ0) is 20.7. The number of aromatic nitrogens is 1. The standard InChI is InChI=1S/C23H23N3O3/c1-5-13(2)23(28)25-20-21(27)16-9-7-6-8-15(16)19-22(20)29-18-12-14(26(3)4)10-11-17(18)24-19/h6-13H,5H2,1-4H3,(H,25,28). The van der Waals surface area contributed by atoms with Crippen LogP contribution in [0.4, 0.5) is 11.4 Å². The molecule has 1 N–H and O–H groups in total. The number of carbonyl (C=O) groups is 1. The molecule has 1 amide bonds. The number of anilines is 2. The Kier molecular flexibility index (Phi) is 4.70. The highest BCUT2D eigenvalue weighted by molar-refractivity contribution is 6.05. The van der Waals surface area contributed by atoms with E-state index in [0.717, 1.165) is 5.69 Å². The fraction of sp³-hybridized carbons (Fsp3) is 0.261. The van der Waals surface area contributed by atoms with E-state index in [1.54, 1.807) is 12.1 Å². The number of rotatable bonds is 4. The molecule has 1 heterocycles. The normalized spacial score (nSPS) is 12.4. The Balaban J connectivity index is 2.06. The second kappa shape index (κ2) is 7.20. The summed E-state index contributed by atoms with van der Waals surface area (Å²) in [7, 11) is 3.88. The van der Waals surface area contributed by atoms with Crippen LogP contribution in [0.5, 0.6) is 0 Å². The van der Waals surface area contributed by atoms with Gasteiger partial charge in [0.05, 0.1) is 0 Å². The molecule has 0 radical (unpaired) electrons. The van der Waals surface area contributed by atoms with Crippen molar-refractivity contribution in [3.8, 4) is 11.5 Å². The molecule has 1 aliphatic carbocycles. The van der Waals surface area contributed by atoms with Gasteiger partial charge in [-0.05, 0) is 18.6 Å². The minimum absolute atomic E-state index is 0.147. The lowest BCUT2D eigenvalue weighted by Crippen LogP contribution is -2.24. The predicted octanol–water partition coefficient (Wildman–Crippen LogP) is 4.50. The number of benzene rings is 3. The second-order valence-corrected chi connectivity index (χ2v) is 7.49. The molecule has 4 rings (SSSR count). The van der Waals surface area contributed by atoms with Gasteiger partial charge in [-0.25, -0.2) is 4.98 Å². The second-order valence-electron chi connectivity index (χ2n) is 7.49. The molecule has 0 spiro atoms. The molecule has 1 unspecified atom stereocenters. The predicted molar refractivity (Wildman–Crippen MR) is 117 cm³/mol. The van der Waals surface area contributed by atoms with Crippen LogP contribution in [-0.4, -0.2) is 25.0 Å². The van der Waals surface area contributed by atoms with Crippen molar-refractivity contribution in [2.75, 3.05) is 24.3 Å². The summed E-state index contributed by atoms with van der Waals surface area (Å²) < 4.78 is 6.17. The van der Waals surface area contributed by atoms with E-state index in [0.29, 0.717) is 39.7 Å². The molecule has 6 heteroatoms. The van der Waals surface area contributed by atoms with Crippen LogP contribution in [0.3, 0.4) is 0 Å². The lowest BCUT2D eigenvalue weighted by molar-refractivity contribution is -0.119. The van der Waals surface area contributed by atoms with E-state index in [-0.39, 0.29) is 22.9 Å². The molecule has 6 nitrogen and oxygen atoms in total. The quantitative estimate of drug-likeness (QED) is 0.411. The third-order valence-electron chi connectivity index (χ3n) is 5.31. The van der Waals surface area contributed by atoms with E-state index in [1.165, 1.54) is 0 Å². The van der Waals surface area contributed by atoms with Crippen LogP contribution in [0.25, 0.3) is 33.3 Å². The molecule has 148 valence electrons. The average molecular weight is 389 g/mol. The summed E-state index contributed by atoms with van der Waals surface area (Å²) in [5.41, 5.74) is 2.64. The molecular weight excluding hydrogens is 366 g/mol. The third-order valence-corrected chi connectivity index (χ3v) is 5.31. The minimum atomic E-state index is -0.265. The van der Waals surface area contributed by atoms with Crippen molar-refractivity contribution in [2.45, 2.75) is 20.3 Å². The maximum atomic E-state index is 13.2. The lowest BCUT2D eigenvalue weighted by Gasteiger charge is -2.17. The molecule has 2 aliphatic rings. The smallest absolute Gasteiger partial charge is 0.227 e. The molecule has 0 fully saturated rings. The van der Waals surface area contributed by atoms with E-state index >= 15 is 0 Å². The Morgan fingerprint density at radius 1 is 1.17 bits per heavy atom. The van der Waals surface area contributed by atoms with E-state index < -0.39 is 0 Å². The highest BCUT2D eigenvalue weighted by atomic mass is 16.3. The number of fused-ring (bicyclic) bond motifs is 4. The number of hydrogen-bond donors (Lipinski definition) is 1. The lowest BCUT2D eigenvalue weighted by atomic mass is 10.0. The van der Waals surface area contributed by atoms with Crippen LogP contribution in [-0.2, 0) is 4.79 Å². The zero-order valence-electron chi connectivity index (χ0n) is 16.9. The van der Waals surface area contributed by atoms with Crippen LogP contribution in [0.15, 0.2) is 51.7 Å². The molecule has 2 aromatic rings. The van der Waals surface area contributed by atoms with E-state index in [1.807, 2.05) is 63.2 Å². The van der Waals surface area contributed by atoms with Gasteiger partial charge < -0.3 is 14.6 Å². The molecule has 1 aliphatic heterocycles. The molecular formula is C23H23N3O3. The van der Waals surface area contributed by atoms with Gasteiger partial charge in [0.1, 0.15) is 16.9 Å². The molecule has 0 aromatic heterocycles. The largest absolute Gasteiger partial charge is 0.450 e. The topological polar surface area (TPSA) is 75.4 Å². The molecule has 1 atom stereocenters. The van der Waals surface area contributed by atoms with Gasteiger partial charge in [-0.2, -0.15) is 0 Å². The van der Waals surface area contributed by atoms with Gasteiger partial charge in [-0.1, -0.05) is 38.1 Å². The van der Waals surface area contributed by atoms with Gasteiger partial charge in [-0.15, -0.1) is 0 Å². The Bertz CT molecular complexity index is 1260. The average Bonchev–Trinajstić information content (AvgIpc) is 2.74. The first-order valence-electron chi connectivity index (χ1n) is 9.68. The molecule has 2 aromatic carbocycles. The first-order valence-corrected chi connectivity index (χ1v) is 9.68. The Morgan fingerprint density at radius 2 is 1.90 bits per heavy atom. The monoisotopic (exact) mass is 389 g/mol. The summed E-state index contributed by atoms with van der Waals surface area (Å²) >= 11 is 0. The molecule has 0 bridgehead atoms. The minimum Gasteiger partial charge on any atom is -0.450 e. The van der Waals surface area contributed by atoms with E-state index in [2.05, 4.69) is 5.32 Å². The number of carbonyl (C=O) groups excluding carboxylic acids is 1. The molecule has 29 heavy (non-hydrogen) atoms. The van der Waals surface area contributed by atoms with Crippen molar-refractivity contribution >= 4 is 39.2 Å². The third kappa shape index (κ3) is 3.20. The first-order chi connectivity index (χ1) is 13.9.